The number of carbonyl (C=O) groups is 4. The first-order chi connectivity index (χ1) is 23.3. The number of ketones is 3. The molecule has 10 N–H and O–H groups in total. The summed E-state index contributed by atoms with van der Waals surface area (Å²) in [4.78, 5) is 54.6. The van der Waals surface area contributed by atoms with E-state index in [1.165, 1.54) is 18.2 Å². The predicted octanol–water partition coefficient (Wildman–Crippen LogP) is 0.959. The van der Waals surface area contributed by atoms with Crippen molar-refractivity contribution in [2.75, 3.05) is 7.11 Å². The van der Waals surface area contributed by atoms with Crippen LogP contribution in [0.2, 0.25) is 0 Å². The normalized spacial score (nSPS) is 25.2. The van der Waals surface area contributed by atoms with E-state index in [2.05, 4.69) is 4.74 Å². The summed E-state index contributed by atoms with van der Waals surface area (Å²) < 4.78 is 4.60. The number of aliphatic hydroxyl groups is 4. The van der Waals surface area contributed by atoms with Gasteiger partial charge in [-0.3, -0.25) is 14.4 Å². The van der Waals surface area contributed by atoms with Crippen LogP contribution in [0.25, 0.3) is 18.2 Å². The zero-order valence-corrected chi connectivity index (χ0v) is 26.1. The number of carbonyl (C=O) groups excluding carboxylic acids is 4. The van der Waals surface area contributed by atoms with Crippen molar-refractivity contribution in [3.63, 3.8) is 0 Å². The van der Waals surface area contributed by atoms with E-state index in [1.54, 1.807) is 0 Å². The minimum Gasteiger partial charge on any atom is -0.504 e. The number of phenolic OH excluding ortho intramolecular Hbond substituents is 6. The van der Waals surface area contributed by atoms with Crippen molar-refractivity contribution in [3.05, 3.63) is 89.5 Å². The molecule has 1 aliphatic carbocycles. The molecule has 0 aliphatic heterocycles. The van der Waals surface area contributed by atoms with Gasteiger partial charge in [0.1, 0.15) is 0 Å². The van der Waals surface area contributed by atoms with Crippen molar-refractivity contribution in [2.45, 2.75) is 35.2 Å². The predicted molar refractivity (Wildman–Crippen MR) is 172 cm³/mol. The van der Waals surface area contributed by atoms with Crippen LogP contribution in [-0.4, -0.2) is 104 Å². The lowest BCUT2D eigenvalue weighted by atomic mass is 9.53. The summed E-state index contributed by atoms with van der Waals surface area (Å²) >= 11 is 0. The Bertz CT molecular complexity index is 1870. The van der Waals surface area contributed by atoms with Crippen LogP contribution < -0.4 is 0 Å². The largest absolute Gasteiger partial charge is 0.504 e. The molecule has 15 heteroatoms. The van der Waals surface area contributed by atoms with Gasteiger partial charge in [-0.2, -0.15) is 0 Å². The molecule has 4 rings (SSSR count). The molecule has 0 radical (unpaired) electrons. The van der Waals surface area contributed by atoms with Crippen molar-refractivity contribution in [3.8, 4) is 34.5 Å². The van der Waals surface area contributed by atoms with Crippen molar-refractivity contribution in [1.82, 2.24) is 0 Å². The summed E-state index contributed by atoms with van der Waals surface area (Å²) in [6, 6.07) is 9.76. The zero-order chi connectivity index (χ0) is 37.2. The fourth-order valence-electron chi connectivity index (χ4n) is 5.62. The molecule has 50 heavy (non-hydrogen) atoms. The van der Waals surface area contributed by atoms with E-state index in [1.807, 2.05) is 0 Å². The quantitative estimate of drug-likeness (QED) is 0.0805. The molecule has 0 amide bonds. The number of phenols is 6. The average molecular weight is 693 g/mol. The van der Waals surface area contributed by atoms with Crippen LogP contribution in [0.1, 0.15) is 29.5 Å². The molecule has 2 atom stereocenters. The van der Waals surface area contributed by atoms with Gasteiger partial charge in [-0.25, -0.2) is 4.79 Å². The molecule has 1 saturated carbocycles. The summed E-state index contributed by atoms with van der Waals surface area (Å²) in [5.41, 5.74) is -14.3. The van der Waals surface area contributed by atoms with Crippen LogP contribution in [0.3, 0.4) is 0 Å². The van der Waals surface area contributed by atoms with Crippen molar-refractivity contribution in [1.29, 1.82) is 0 Å². The van der Waals surface area contributed by atoms with Gasteiger partial charge in [0.25, 0.3) is 0 Å². The van der Waals surface area contributed by atoms with Crippen LogP contribution in [0.15, 0.2) is 72.8 Å². The zero-order valence-electron chi connectivity index (χ0n) is 26.1. The molecule has 1 fully saturated rings. The minimum absolute atomic E-state index is 0.0166. The monoisotopic (exact) mass is 692 g/mol. The highest BCUT2D eigenvalue weighted by atomic mass is 16.5. The Morgan fingerprint density at radius 3 is 1.16 bits per heavy atom. The lowest BCUT2D eigenvalue weighted by molar-refractivity contribution is -0.268. The first kappa shape index (κ1) is 36.8. The molecule has 0 spiro atoms. The molecule has 3 aromatic carbocycles. The van der Waals surface area contributed by atoms with E-state index in [0.29, 0.717) is 18.2 Å². The third-order valence-corrected chi connectivity index (χ3v) is 8.31. The van der Waals surface area contributed by atoms with Gasteiger partial charge in [-0.15, -0.1) is 0 Å². The number of aromatic hydroxyl groups is 6. The maximum absolute atomic E-state index is 14.0. The second-order valence-electron chi connectivity index (χ2n) is 11.6. The van der Waals surface area contributed by atoms with E-state index in [9.17, 15) is 70.2 Å². The molecule has 3 aromatic rings. The molecule has 15 nitrogen and oxygen atoms in total. The number of rotatable bonds is 10. The highest BCUT2D eigenvalue weighted by Gasteiger charge is 2.77. The molecule has 1 aliphatic rings. The summed E-state index contributed by atoms with van der Waals surface area (Å²) in [5, 5.41) is 106. The van der Waals surface area contributed by atoms with Gasteiger partial charge in [0, 0.05) is 12.8 Å². The summed E-state index contributed by atoms with van der Waals surface area (Å²) in [6.07, 6.45) is 1.49. The Morgan fingerprint density at radius 1 is 0.540 bits per heavy atom. The highest BCUT2D eigenvalue weighted by molar-refractivity contribution is 6.16. The molecule has 262 valence electrons. The number of benzene rings is 3. The number of ether oxygens (including phenoxy) is 1. The van der Waals surface area contributed by atoms with E-state index < -0.39 is 93.1 Å². The molecular weight excluding hydrogens is 660 g/mol. The summed E-state index contributed by atoms with van der Waals surface area (Å²) in [7, 11) is 0.804. The number of hydrogen-bond acceptors (Lipinski definition) is 15. The van der Waals surface area contributed by atoms with Crippen LogP contribution in [0.5, 0.6) is 34.5 Å². The van der Waals surface area contributed by atoms with E-state index in [0.717, 1.165) is 61.7 Å². The van der Waals surface area contributed by atoms with Crippen LogP contribution in [0, 0.1) is 0 Å². The average Bonchev–Trinajstić information content (AvgIpc) is 3.07. The molecule has 0 aromatic heterocycles. The van der Waals surface area contributed by atoms with Crippen LogP contribution in [-0.2, 0) is 23.9 Å². The fraction of sp³-hybridized carbons (Fsp3) is 0.200. The van der Waals surface area contributed by atoms with E-state index in [4.69, 9.17) is 0 Å². The van der Waals surface area contributed by atoms with Gasteiger partial charge in [0.05, 0.1) is 7.11 Å². The van der Waals surface area contributed by atoms with Gasteiger partial charge in [-0.05, 0) is 71.3 Å². The third kappa shape index (κ3) is 6.53. The Balaban J connectivity index is 1.93. The van der Waals surface area contributed by atoms with Gasteiger partial charge in [-0.1, -0.05) is 36.4 Å². The number of hydrogen-bond donors (Lipinski definition) is 10. The lowest BCUT2D eigenvalue weighted by Gasteiger charge is -2.55. The first-order valence-corrected chi connectivity index (χ1v) is 14.5. The third-order valence-electron chi connectivity index (χ3n) is 8.31. The highest BCUT2D eigenvalue weighted by Crippen LogP contribution is 2.51. The first-order valence-electron chi connectivity index (χ1n) is 14.5. The van der Waals surface area contributed by atoms with Gasteiger partial charge < -0.3 is 55.8 Å². The van der Waals surface area contributed by atoms with Crippen LogP contribution >= 0.6 is 0 Å². The molecular formula is C35H32O15. The van der Waals surface area contributed by atoms with Gasteiger partial charge in [0.15, 0.2) is 74.3 Å². The van der Waals surface area contributed by atoms with Gasteiger partial charge in [0.2, 0.25) is 0 Å². The maximum atomic E-state index is 14.0. The smallest absolute Gasteiger partial charge is 0.338 e. The fourth-order valence-corrected chi connectivity index (χ4v) is 5.62. The Hall–Kier alpha value is -6.00. The van der Waals surface area contributed by atoms with E-state index in [-0.39, 0.29) is 16.7 Å². The van der Waals surface area contributed by atoms with Gasteiger partial charge >= 0.3 is 5.97 Å². The minimum atomic E-state index is -3.90. The Morgan fingerprint density at radius 2 is 0.860 bits per heavy atom. The number of esters is 1. The Kier molecular flexibility index (Phi) is 9.93. The lowest BCUT2D eigenvalue weighted by Crippen LogP contribution is -2.82. The molecule has 0 unspecified atom stereocenters. The molecule has 0 saturated heterocycles. The standard InChI is InChI=1S/C35H32O15/c1-50-31(45)32(46)17-33(47,28(42)11-5-19-2-8-22(36)25(39)14-19)35(49,30(44)13-7-21-4-10-24(38)27(41)16-21)34(48,18-32)29(43)12-6-20-3-9-23(37)26(40)15-20/h2-16,36-41,46-49H,17-18H2,1H3/b11-5+,12-6+,13-7+/t32?,33-,34-,35?/m0/s1. The Labute approximate surface area is 282 Å². The van der Waals surface area contributed by atoms with Crippen molar-refractivity contribution >= 4 is 41.5 Å². The second-order valence-corrected chi connectivity index (χ2v) is 11.6. The van der Waals surface area contributed by atoms with Crippen LogP contribution in [0.4, 0.5) is 0 Å². The molecule has 0 heterocycles. The van der Waals surface area contributed by atoms with Crippen molar-refractivity contribution in [2.24, 2.45) is 0 Å². The maximum Gasteiger partial charge on any atom is 0.338 e. The second kappa shape index (κ2) is 13.5. The SMILES string of the molecule is COC(=O)C1(O)C[C@](O)(C(=O)/C=C/c2ccc(O)c(O)c2)C(O)(C(=O)/C=C/c2ccc(O)c(O)c2)[C@@](O)(C(=O)/C=C/c2ccc(O)c(O)c2)C1. The van der Waals surface area contributed by atoms with Crippen molar-refractivity contribution < 1.29 is 75.0 Å². The topological polar surface area (TPSA) is 280 Å². The summed E-state index contributed by atoms with van der Waals surface area (Å²) in [6.45, 7) is 0. The summed E-state index contributed by atoms with van der Waals surface area (Å²) in [5.74, 6) is -9.92. The molecule has 0 bridgehead atoms. The number of methoxy groups -OCH3 is 1. The van der Waals surface area contributed by atoms with E-state index >= 15 is 0 Å².